The number of rotatable bonds is 5. The lowest BCUT2D eigenvalue weighted by molar-refractivity contribution is -0.118. The quantitative estimate of drug-likeness (QED) is 0.923. The molecule has 1 atom stereocenters. The van der Waals surface area contributed by atoms with Crippen molar-refractivity contribution in [2.24, 2.45) is 5.73 Å². The molecule has 0 aliphatic heterocycles. The highest BCUT2D eigenvalue weighted by molar-refractivity contribution is 7.08. The highest BCUT2D eigenvalue weighted by Crippen LogP contribution is 2.23. The molecule has 0 radical (unpaired) electrons. The minimum absolute atomic E-state index is 0.110. The fraction of sp³-hybridized carbons (Fsp3) is 0.250. The first-order valence-corrected chi connectivity index (χ1v) is 7.61. The van der Waals surface area contributed by atoms with Crippen LogP contribution in [0.4, 0.5) is 0 Å². The average molecular weight is 302 g/mol. The van der Waals surface area contributed by atoms with Crippen molar-refractivity contribution in [1.29, 1.82) is 0 Å². The van der Waals surface area contributed by atoms with Gasteiger partial charge in [-0.1, -0.05) is 12.1 Å². The Labute approximate surface area is 128 Å². The van der Waals surface area contributed by atoms with Crippen LogP contribution in [0, 0.1) is 0 Å². The zero-order chi connectivity index (χ0) is 15.4. The van der Waals surface area contributed by atoms with E-state index in [2.05, 4.69) is 0 Å². The largest absolute Gasteiger partial charge is 0.370 e. The number of benzene rings is 1. The van der Waals surface area contributed by atoms with Gasteiger partial charge >= 0.3 is 0 Å². The minimum atomic E-state index is -0.408. The van der Waals surface area contributed by atoms with Crippen LogP contribution < -0.4 is 5.73 Å². The van der Waals surface area contributed by atoms with E-state index in [1.165, 1.54) is 0 Å². The van der Waals surface area contributed by atoms with Crippen molar-refractivity contribution in [2.75, 3.05) is 7.05 Å². The van der Waals surface area contributed by atoms with Crippen LogP contribution >= 0.6 is 11.3 Å². The van der Waals surface area contributed by atoms with Crippen LogP contribution in [0.15, 0.2) is 41.1 Å². The monoisotopic (exact) mass is 302 g/mol. The first kappa shape index (κ1) is 15.3. The van der Waals surface area contributed by atoms with Gasteiger partial charge in [0.05, 0.1) is 0 Å². The Morgan fingerprint density at radius 3 is 2.67 bits per heavy atom. The zero-order valence-electron chi connectivity index (χ0n) is 12.1. The molecule has 0 aliphatic rings. The zero-order valence-corrected chi connectivity index (χ0v) is 12.9. The van der Waals surface area contributed by atoms with E-state index in [-0.39, 0.29) is 18.4 Å². The van der Waals surface area contributed by atoms with E-state index >= 15 is 0 Å². The van der Waals surface area contributed by atoms with E-state index < -0.39 is 5.91 Å². The Bertz CT molecular complexity index is 637. The summed E-state index contributed by atoms with van der Waals surface area (Å²) >= 11 is 1.62. The Hall–Kier alpha value is -2.14. The third kappa shape index (κ3) is 3.70. The van der Waals surface area contributed by atoms with Crippen molar-refractivity contribution in [1.82, 2.24) is 4.90 Å². The van der Waals surface area contributed by atoms with Crippen molar-refractivity contribution in [2.45, 2.75) is 19.4 Å². The average Bonchev–Trinajstić information content (AvgIpc) is 2.99. The lowest BCUT2D eigenvalue weighted by Crippen LogP contribution is -2.37. The maximum absolute atomic E-state index is 12.5. The number of thiophene rings is 1. The summed E-state index contributed by atoms with van der Waals surface area (Å²) in [6.07, 6.45) is 0.159. The van der Waals surface area contributed by atoms with Gasteiger partial charge < -0.3 is 10.6 Å². The molecule has 21 heavy (non-hydrogen) atoms. The molecule has 0 fully saturated rings. The van der Waals surface area contributed by atoms with E-state index in [1.807, 2.05) is 41.9 Å². The van der Waals surface area contributed by atoms with Crippen LogP contribution in [-0.2, 0) is 4.79 Å². The smallest absolute Gasteiger partial charge is 0.253 e. The molecule has 5 heteroatoms. The van der Waals surface area contributed by atoms with Crippen LogP contribution in [0.5, 0.6) is 0 Å². The molecule has 1 aromatic heterocycles. The van der Waals surface area contributed by atoms with Gasteiger partial charge in [-0.25, -0.2) is 0 Å². The number of nitrogens with two attached hydrogens (primary N) is 1. The Morgan fingerprint density at radius 1 is 1.29 bits per heavy atom. The molecule has 0 aliphatic carbocycles. The van der Waals surface area contributed by atoms with Gasteiger partial charge in [0, 0.05) is 25.1 Å². The van der Waals surface area contributed by atoms with Crippen LogP contribution in [0.3, 0.4) is 0 Å². The second-order valence-electron chi connectivity index (χ2n) is 5.03. The first-order valence-electron chi connectivity index (χ1n) is 6.67. The second-order valence-corrected chi connectivity index (χ2v) is 5.81. The fourth-order valence-electron chi connectivity index (χ4n) is 2.09. The van der Waals surface area contributed by atoms with Crippen molar-refractivity contribution in [3.63, 3.8) is 0 Å². The first-order chi connectivity index (χ1) is 9.99. The van der Waals surface area contributed by atoms with Crippen molar-refractivity contribution in [3.8, 4) is 11.1 Å². The third-order valence-corrected chi connectivity index (χ3v) is 4.13. The maximum atomic E-state index is 12.5. The SMILES string of the molecule is CC(CC(N)=O)N(C)C(=O)c1cccc(-c2ccsc2)c1. The standard InChI is InChI=1S/C16H18N2O2S/c1-11(8-15(17)19)18(2)16(20)13-5-3-4-12(9-13)14-6-7-21-10-14/h3-7,9-11H,8H2,1-2H3,(H2,17,19). The van der Waals surface area contributed by atoms with Gasteiger partial charge in [0.1, 0.15) is 0 Å². The van der Waals surface area contributed by atoms with Gasteiger partial charge in [0.15, 0.2) is 0 Å². The lowest BCUT2D eigenvalue weighted by Gasteiger charge is -2.24. The Kier molecular flexibility index (Phi) is 4.75. The topological polar surface area (TPSA) is 63.4 Å². The van der Waals surface area contributed by atoms with Gasteiger partial charge in [-0.05, 0) is 47.0 Å². The molecule has 2 rings (SSSR count). The number of hydrogen-bond acceptors (Lipinski definition) is 3. The maximum Gasteiger partial charge on any atom is 0.253 e. The summed E-state index contributed by atoms with van der Waals surface area (Å²) in [5, 5.41) is 4.05. The van der Waals surface area contributed by atoms with Crippen LogP contribution in [0.25, 0.3) is 11.1 Å². The third-order valence-electron chi connectivity index (χ3n) is 3.44. The molecule has 110 valence electrons. The van der Waals surface area contributed by atoms with Crippen LogP contribution in [0.1, 0.15) is 23.7 Å². The van der Waals surface area contributed by atoms with E-state index in [4.69, 9.17) is 5.73 Å². The molecule has 2 N–H and O–H groups in total. The number of primary amides is 1. The molecule has 2 amide bonds. The van der Waals surface area contributed by atoms with Gasteiger partial charge in [-0.15, -0.1) is 0 Å². The Balaban J connectivity index is 2.19. The number of carbonyl (C=O) groups is 2. The molecule has 4 nitrogen and oxygen atoms in total. The van der Waals surface area contributed by atoms with Crippen molar-refractivity contribution < 1.29 is 9.59 Å². The number of amides is 2. The molecular weight excluding hydrogens is 284 g/mol. The Morgan fingerprint density at radius 2 is 2.05 bits per heavy atom. The van der Waals surface area contributed by atoms with Crippen molar-refractivity contribution >= 4 is 23.2 Å². The molecule has 0 saturated carbocycles. The predicted octanol–water partition coefficient (Wildman–Crippen LogP) is 2.75. The highest BCUT2D eigenvalue weighted by atomic mass is 32.1. The summed E-state index contributed by atoms with van der Waals surface area (Å²) in [5.74, 6) is -0.519. The van der Waals surface area contributed by atoms with E-state index in [1.54, 1.807) is 29.4 Å². The summed E-state index contributed by atoms with van der Waals surface area (Å²) in [6.45, 7) is 1.81. The number of hydrogen-bond donors (Lipinski definition) is 1. The normalized spacial score (nSPS) is 11.9. The van der Waals surface area contributed by atoms with Gasteiger partial charge in [0.2, 0.25) is 5.91 Å². The fourth-order valence-corrected chi connectivity index (χ4v) is 2.76. The van der Waals surface area contributed by atoms with Crippen LogP contribution in [-0.4, -0.2) is 29.8 Å². The molecule has 1 unspecified atom stereocenters. The predicted molar refractivity (Wildman–Crippen MR) is 85.1 cm³/mol. The summed E-state index contributed by atoms with van der Waals surface area (Å²) < 4.78 is 0. The molecule has 0 bridgehead atoms. The molecule has 1 aromatic carbocycles. The summed E-state index contributed by atoms with van der Waals surface area (Å²) in [5.41, 5.74) is 7.90. The molecule has 0 spiro atoms. The number of carbonyl (C=O) groups excluding carboxylic acids is 2. The van der Waals surface area contributed by atoms with Gasteiger partial charge in [-0.2, -0.15) is 11.3 Å². The summed E-state index contributed by atoms with van der Waals surface area (Å²) in [4.78, 5) is 25.0. The van der Waals surface area contributed by atoms with E-state index in [9.17, 15) is 9.59 Å². The van der Waals surface area contributed by atoms with Crippen molar-refractivity contribution in [3.05, 3.63) is 46.7 Å². The highest BCUT2D eigenvalue weighted by Gasteiger charge is 2.19. The summed E-state index contributed by atoms with van der Waals surface area (Å²) in [7, 11) is 1.69. The van der Waals surface area contributed by atoms with E-state index in [0.29, 0.717) is 5.56 Å². The van der Waals surface area contributed by atoms with E-state index in [0.717, 1.165) is 11.1 Å². The second kappa shape index (κ2) is 6.54. The summed E-state index contributed by atoms with van der Waals surface area (Å²) in [6, 6.07) is 9.30. The molecule has 1 heterocycles. The molecule has 0 saturated heterocycles. The molecule has 2 aromatic rings. The minimum Gasteiger partial charge on any atom is -0.370 e. The number of nitrogens with zero attached hydrogens (tertiary/aromatic N) is 1. The van der Waals surface area contributed by atoms with Gasteiger partial charge in [-0.3, -0.25) is 9.59 Å². The molecular formula is C16H18N2O2S. The van der Waals surface area contributed by atoms with Gasteiger partial charge in [0.25, 0.3) is 5.91 Å². The lowest BCUT2D eigenvalue weighted by atomic mass is 10.0. The van der Waals surface area contributed by atoms with Crippen LogP contribution in [0.2, 0.25) is 0 Å².